The molecule has 0 aromatic carbocycles. The molecule has 12 nitrogen and oxygen atoms in total. The maximum atomic E-state index is 12.2. The topological polar surface area (TPSA) is 166 Å². The highest BCUT2D eigenvalue weighted by Crippen LogP contribution is 2.44. The molecule has 1 spiro atoms. The highest BCUT2D eigenvalue weighted by molar-refractivity contribution is 5.81. The number of anilines is 1. The average molecular weight is 434 g/mol. The van der Waals surface area contributed by atoms with Crippen molar-refractivity contribution >= 4 is 28.9 Å². The number of carbonyl (C=O) groups is 2. The number of carboxylic acid groups (broad SMARTS) is 1. The van der Waals surface area contributed by atoms with Crippen LogP contribution >= 0.6 is 0 Å². The Bertz CT molecular complexity index is 983. The number of aliphatic hydroxyl groups is 1. The maximum absolute atomic E-state index is 12.2. The van der Waals surface area contributed by atoms with E-state index in [0.29, 0.717) is 43.5 Å². The van der Waals surface area contributed by atoms with Crippen LogP contribution in [-0.2, 0) is 19.1 Å². The first-order chi connectivity index (χ1) is 14.7. The minimum absolute atomic E-state index is 0.251. The number of piperidine rings is 1. The van der Waals surface area contributed by atoms with E-state index in [-0.39, 0.29) is 24.9 Å². The first-order valence-corrected chi connectivity index (χ1v) is 10.1. The first kappa shape index (κ1) is 21.4. The Hall–Kier alpha value is -2.83. The van der Waals surface area contributed by atoms with Gasteiger partial charge in [0.25, 0.3) is 0 Å². The van der Waals surface area contributed by atoms with Gasteiger partial charge in [-0.15, -0.1) is 0 Å². The molecule has 2 saturated heterocycles. The van der Waals surface area contributed by atoms with E-state index in [2.05, 4.69) is 15.0 Å². The van der Waals surface area contributed by atoms with Gasteiger partial charge in [-0.3, -0.25) is 4.79 Å². The molecule has 0 saturated carbocycles. The molecule has 0 aliphatic carbocycles. The highest BCUT2D eigenvalue weighted by atomic mass is 16.5. The van der Waals surface area contributed by atoms with Gasteiger partial charge < -0.3 is 34.9 Å². The predicted octanol–water partition coefficient (Wildman–Crippen LogP) is -0.417. The van der Waals surface area contributed by atoms with Gasteiger partial charge in [-0.25, -0.2) is 19.7 Å². The van der Waals surface area contributed by atoms with Crippen molar-refractivity contribution in [2.24, 2.45) is 0 Å². The number of nitrogen functional groups attached to an aromatic ring is 1. The summed E-state index contributed by atoms with van der Waals surface area (Å²) in [5.74, 6) is -1.09. The summed E-state index contributed by atoms with van der Waals surface area (Å²) in [4.78, 5) is 36.9. The monoisotopic (exact) mass is 434 g/mol. The predicted molar refractivity (Wildman–Crippen MR) is 107 cm³/mol. The molecule has 2 aliphatic heterocycles. The number of nitrogens with zero attached hydrogens (tertiary/aromatic N) is 5. The van der Waals surface area contributed by atoms with Crippen molar-refractivity contribution < 1.29 is 29.3 Å². The van der Waals surface area contributed by atoms with Crippen LogP contribution in [0.2, 0.25) is 0 Å². The second-order valence-corrected chi connectivity index (χ2v) is 8.39. The third-order valence-electron chi connectivity index (χ3n) is 6.15. The quantitative estimate of drug-likeness (QED) is 0.562. The van der Waals surface area contributed by atoms with E-state index in [0.717, 1.165) is 0 Å². The second-order valence-electron chi connectivity index (χ2n) is 8.39. The average Bonchev–Trinajstić information content (AvgIpc) is 3.12. The summed E-state index contributed by atoms with van der Waals surface area (Å²) in [5, 5.41) is 19.9. The van der Waals surface area contributed by atoms with Crippen LogP contribution in [0, 0.1) is 0 Å². The van der Waals surface area contributed by atoms with Gasteiger partial charge in [-0.05, 0) is 19.8 Å². The van der Waals surface area contributed by atoms with Crippen LogP contribution in [0.1, 0.15) is 32.2 Å². The molecule has 0 radical (unpaired) electrons. The largest absolute Gasteiger partial charge is 0.480 e. The van der Waals surface area contributed by atoms with E-state index in [4.69, 9.17) is 20.3 Å². The molecule has 31 heavy (non-hydrogen) atoms. The minimum atomic E-state index is -1.11. The van der Waals surface area contributed by atoms with Crippen molar-refractivity contribution in [3.8, 4) is 0 Å². The van der Waals surface area contributed by atoms with E-state index in [9.17, 15) is 14.7 Å². The first-order valence-electron chi connectivity index (χ1n) is 10.1. The van der Waals surface area contributed by atoms with E-state index in [1.165, 1.54) is 6.33 Å². The number of fused-ring (bicyclic) bond motifs is 1. The molecule has 1 amide bonds. The van der Waals surface area contributed by atoms with Gasteiger partial charge >= 0.3 is 5.97 Å². The number of hydrogen-bond acceptors (Lipinski definition) is 9. The molecule has 2 aromatic rings. The fraction of sp³-hybridized carbons (Fsp3) is 0.632. The van der Waals surface area contributed by atoms with Gasteiger partial charge in [0.2, 0.25) is 5.91 Å². The Morgan fingerprint density at radius 1 is 1.29 bits per heavy atom. The molecule has 0 bridgehead atoms. The molecule has 2 aromatic heterocycles. The number of rotatable bonds is 5. The summed E-state index contributed by atoms with van der Waals surface area (Å²) in [7, 11) is 0. The standard InChI is InChI=1S/C19H26N6O6/c1-18(29)9-19(2-4-24(5-3-19)13(26)7-30-8-14(27)28)31-6-12(18)25-11-23-15-16(20)21-10-22-17(15)25/h10-12,29H,2-9H2,1H3,(H,27,28)(H2,20,21,22)/t12-,18-/m0/s1. The Labute approximate surface area is 178 Å². The lowest BCUT2D eigenvalue weighted by atomic mass is 9.75. The molecule has 4 N–H and O–H groups in total. The van der Waals surface area contributed by atoms with Crippen LogP contribution in [0.5, 0.6) is 0 Å². The number of aliphatic carboxylic acids is 1. The van der Waals surface area contributed by atoms with Crippen LogP contribution in [0.4, 0.5) is 5.82 Å². The fourth-order valence-electron chi connectivity index (χ4n) is 4.54. The van der Waals surface area contributed by atoms with Crippen molar-refractivity contribution in [1.82, 2.24) is 24.4 Å². The van der Waals surface area contributed by atoms with Crippen LogP contribution in [0.25, 0.3) is 11.2 Å². The van der Waals surface area contributed by atoms with Crippen LogP contribution in [0.3, 0.4) is 0 Å². The lowest BCUT2D eigenvalue weighted by Gasteiger charge is -2.51. The normalized spacial score (nSPS) is 25.7. The molecular formula is C19H26N6O6. The van der Waals surface area contributed by atoms with Crippen molar-refractivity contribution in [3.05, 3.63) is 12.7 Å². The van der Waals surface area contributed by atoms with E-state index >= 15 is 0 Å². The Balaban J connectivity index is 1.41. The van der Waals surface area contributed by atoms with Gasteiger partial charge in [-0.2, -0.15) is 0 Å². The SMILES string of the molecule is C[C@]1(O)CC2(CCN(C(=O)COCC(=O)O)CC2)OC[C@@H]1n1cnc2c(N)ncnc21. The number of carbonyl (C=O) groups excluding carboxylic acids is 1. The summed E-state index contributed by atoms with van der Waals surface area (Å²) < 4.78 is 12.9. The lowest BCUT2D eigenvalue weighted by Crippen LogP contribution is -2.58. The highest BCUT2D eigenvalue weighted by Gasteiger charge is 2.50. The van der Waals surface area contributed by atoms with Gasteiger partial charge in [0.15, 0.2) is 11.5 Å². The lowest BCUT2D eigenvalue weighted by molar-refractivity contribution is -0.197. The summed E-state index contributed by atoms with van der Waals surface area (Å²) in [5.41, 5.74) is 5.26. The maximum Gasteiger partial charge on any atom is 0.329 e. The molecule has 2 fully saturated rings. The summed E-state index contributed by atoms with van der Waals surface area (Å²) in [6.45, 7) is 2.17. The number of nitrogens with two attached hydrogens (primary N) is 1. The zero-order chi connectivity index (χ0) is 22.2. The summed E-state index contributed by atoms with van der Waals surface area (Å²) in [6.07, 6.45) is 4.49. The third-order valence-corrected chi connectivity index (χ3v) is 6.15. The second kappa shape index (κ2) is 8.02. The van der Waals surface area contributed by atoms with Crippen molar-refractivity contribution in [2.75, 3.05) is 38.6 Å². The molecule has 168 valence electrons. The number of carboxylic acids is 1. The Morgan fingerprint density at radius 2 is 2.03 bits per heavy atom. The summed E-state index contributed by atoms with van der Waals surface area (Å²) in [6, 6.07) is -0.401. The number of likely N-dealkylation sites (tertiary alicyclic amines) is 1. The molecule has 2 atom stereocenters. The van der Waals surface area contributed by atoms with E-state index < -0.39 is 29.8 Å². The van der Waals surface area contributed by atoms with Crippen molar-refractivity contribution in [1.29, 1.82) is 0 Å². The molecule has 4 heterocycles. The van der Waals surface area contributed by atoms with Crippen LogP contribution < -0.4 is 5.73 Å². The molecule has 2 aliphatic rings. The van der Waals surface area contributed by atoms with Gasteiger partial charge in [-0.1, -0.05) is 0 Å². The van der Waals surface area contributed by atoms with Crippen molar-refractivity contribution in [2.45, 2.75) is 43.4 Å². The number of imidazole rings is 1. The molecule has 4 rings (SSSR count). The van der Waals surface area contributed by atoms with Crippen LogP contribution in [0.15, 0.2) is 12.7 Å². The zero-order valence-corrected chi connectivity index (χ0v) is 17.2. The smallest absolute Gasteiger partial charge is 0.329 e. The van der Waals surface area contributed by atoms with E-state index in [1.807, 2.05) is 0 Å². The molecular weight excluding hydrogens is 408 g/mol. The third kappa shape index (κ3) is 4.18. The number of ether oxygens (including phenoxy) is 2. The van der Waals surface area contributed by atoms with Gasteiger partial charge in [0, 0.05) is 19.5 Å². The number of hydrogen-bond donors (Lipinski definition) is 3. The minimum Gasteiger partial charge on any atom is -0.480 e. The number of amides is 1. The van der Waals surface area contributed by atoms with Gasteiger partial charge in [0.05, 0.1) is 30.2 Å². The van der Waals surface area contributed by atoms with Crippen molar-refractivity contribution in [3.63, 3.8) is 0 Å². The fourth-order valence-corrected chi connectivity index (χ4v) is 4.54. The Morgan fingerprint density at radius 3 is 2.71 bits per heavy atom. The molecule has 12 heteroatoms. The van der Waals surface area contributed by atoms with Crippen LogP contribution in [-0.4, -0.2) is 90.6 Å². The summed E-state index contributed by atoms with van der Waals surface area (Å²) >= 11 is 0. The number of aromatic nitrogens is 4. The molecule has 0 unspecified atom stereocenters. The van der Waals surface area contributed by atoms with Gasteiger partial charge in [0.1, 0.15) is 25.1 Å². The zero-order valence-electron chi connectivity index (χ0n) is 17.2. The Kier molecular flexibility index (Phi) is 5.54. The van der Waals surface area contributed by atoms with E-state index in [1.54, 1.807) is 22.7 Å².